The van der Waals surface area contributed by atoms with Crippen molar-refractivity contribution in [2.45, 2.75) is 13.0 Å². The van der Waals surface area contributed by atoms with Crippen LogP contribution < -0.4 is 5.32 Å². The van der Waals surface area contributed by atoms with Crippen molar-refractivity contribution in [1.82, 2.24) is 15.1 Å². The third-order valence-corrected chi connectivity index (χ3v) is 3.47. The zero-order valence-corrected chi connectivity index (χ0v) is 11.7. The highest BCUT2D eigenvalue weighted by Crippen LogP contribution is 2.15. The van der Waals surface area contributed by atoms with Crippen LogP contribution in [0.4, 0.5) is 0 Å². The summed E-state index contributed by atoms with van der Waals surface area (Å²) in [5.74, 6) is 0. The fraction of sp³-hybridized carbons (Fsp3) is 0.235. The average Bonchev–Trinajstić information content (AvgIpc) is 2.89. The lowest BCUT2D eigenvalue weighted by Crippen LogP contribution is -2.16. The normalized spacial score (nSPS) is 11.1. The molecule has 0 radical (unpaired) electrons. The van der Waals surface area contributed by atoms with Gasteiger partial charge in [-0.2, -0.15) is 5.10 Å². The van der Waals surface area contributed by atoms with E-state index in [1.54, 1.807) is 0 Å². The van der Waals surface area contributed by atoms with Crippen LogP contribution in [0, 0.1) is 0 Å². The molecule has 0 aliphatic rings. The molecule has 3 rings (SSSR count). The van der Waals surface area contributed by atoms with Gasteiger partial charge in [-0.05, 0) is 28.5 Å². The fourth-order valence-corrected chi connectivity index (χ4v) is 2.39. The predicted octanol–water partition coefficient (Wildman–Crippen LogP) is 2.91. The lowest BCUT2D eigenvalue weighted by Gasteiger charge is -2.05. The summed E-state index contributed by atoms with van der Waals surface area (Å²) in [5, 5.41) is 10.4. The highest BCUT2D eigenvalue weighted by Gasteiger charge is 1.98. The predicted molar refractivity (Wildman–Crippen MR) is 82.6 cm³/mol. The van der Waals surface area contributed by atoms with Crippen molar-refractivity contribution in [3.05, 3.63) is 66.0 Å². The Balaban J connectivity index is 1.54. The Kier molecular flexibility index (Phi) is 3.79. The van der Waals surface area contributed by atoms with E-state index in [-0.39, 0.29) is 0 Å². The zero-order valence-electron chi connectivity index (χ0n) is 11.7. The molecule has 0 saturated carbocycles. The summed E-state index contributed by atoms with van der Waals surface area (Å²) in [6.07, 6.45) is 2.95. The summed E-state index contributed by atoms with van der Waals surface area (Å²) < 4.78 is 1.85. The van der Waals surface area contributed by atoms with Gasteiger partial charge in [0.05, 0.1) is 5.69 Å². The number of hydrogen-bond donors (Lipinski definition) is 1. The second kappa shape index (κ2) is 5.88. The van der Waals surface area contributed by atoms with Crippen LogP contribution in [0.2, 0.25) is 0 Å². The smallest absolute Gasteiger partial charge is 0.0637 e. The van der Waals surface area contributed by atoms with Crippen LogP contribution in [-0.4, -0.2) is 16.3 Å². The number of benzene rings is 2. The van der Waals surface area contributed by atoms with Gasteiger partial charge >= 0.3 is 0 Å². The van der Waals surface area contributed by atoms with Crippen molar-refractivity contribution in [1.29, 1.82) is 0 Å². The number of aryl methyl sites for hydroxylation is 1. The maximum Gasteiger partial charge on any atom is 0.0637 e. The first-order chi connectivity index (χ1) is 9.81. The van der Waals surface area contributed by atoms with E-state index in [1.165, 1.54) is 16.3 Å². The average molecular weight is 265 g/mol. The number of rotatable bonds is 5. The van der Waals surface area contributed by atoms with Gasteiger partial charge in [-0.3, -0.25) is 4.68 Å². The van der Waals surface area contributed by atoms with Gasteiger partial charge in [0.25, 0.3) is 0 Å². The van der Waals surface area contributed by atoms with Crippen LogP contribution in [0.25, 0.3) is 10.8 Å². The number of nitrogens with one attached hydrogen (secondary N) is 1. The maximum atomic E-state index is 4.37. The van der Waals surface area contributed by atoms with E-state index >= 15 is 0 Å². The second-order valence-corrected chi connectivity index (χ2v) is 5.09. The molecule has 0 bridgehead atoms. The quantitative estimate of drug-likeness (QED) is 0.719. The van der Waals surface area contributed by atoms with Crippen molar-refractivity contribution in [3.63, 3.8) is 0 Å². The Morgan fingerprint density at radius 1 is 1.05 bits per heavy atom. The van der Waals surface area contributed by atoms with Crippen molar-refractivity contribution in [3.8, 4) is 0 Å². The molecule has 0 amide bonds. The van der Waals surface area contributed by atoms with Crippen LogP contribution in [0.15, 0.2) is 54.7 Å². The Labute approximate surface area is 119 Å². The van der Waals surface area contributed by atoms with E-state index in [0.717, 1.165) is 25.2 Å². The van der Waals surface area contributed by atoms with Crippen LogP contribution in [0.3, 0.4) is 0 Å². The van der Waals surface area contributed by atoms with E-state index in [2.05, 4.69) is 58.9 Å². The summed E-state index contributed by atoms with van der Waals surface area (Å²) in [4.78, 5) is 0. The topological polar surface area (TPSA) is 29.9 Å². The molecule has 1 heterocycles. The molecule has 0 aliphatic carbocycles. The molecule has 0 spiro atoms. The number of fused-ring (bicyclic) bond motifs is 1. The maximum absolute atomic E-state index is 4.37. The molecule has 0 unspecified atom stereocenters. The first-order valence-electron chi connectivity index (χ1n) is 6.98. The van der Waals surface area contributed by atoms with Gasteiger partial charge in [0.1, 0.15) is 0 Å². The van der Waals surface area contributed by atoms with Gasteiger partial charge in [0.15, 0.2) is 0 Å². The molecular weight excluding hydrogens is 246 g/mol. The molecule has 1 aromatic heterocycles. The standard InChI is InChI=1S/C17H19N3/c1-20-11-9-17(19-20)8-10-18-13-14-6-7-15-4-2-3-5-16(15)12-14/h2-7,9,11-12,18H,8,10,13H2,1H3. The van der Waals surface area contributed by atoms with Crippen molar-refractivity contribution in [2.75, 3.05) is 6.54 Å². The zero-order chi connectivity index (χ0) is 13.8. The van der Waals surface area contributed by atoms with Gasteiger partial charge in [0, 0.05) is 32.8 Å². The SMILES string of the molecule is Cn1ccc(CCNCc2ccc3ccccc3c2)n1. The summed E-state index contributed by atoms with van der Waals surface area (Å²) in [6.45, 7) is 1.85. The molecule has 2 aromatic carbocycles. The fourth-order valence-electron chi connectivity index (χ4n) is 2.39. The lowest BCUT2D eigenvalue weighted by atomic mass is 10.1. The van der Waals surface area contributed by atoms with Gasteiger partial charge < -0.3 is 5.32 Å². The molecule has 3 aromatic rings. The minimum absolute atomic E-state index is 0.900. The number of hydrogen-bond acceptors (Lipinski definition) is 2. The minimum atomic E-state index is 0.900. The third kappa shape index (κ3) is 3.06. The second-order valence-electron chi connectivity index (χ2n) is 5.09. The van der Waals surface area contributed by atoms with Gasteiger partial charge in [-0.15, -0.1) is 0 Å². The highest BCUT2D eigenvalue weighted by molar-refractivity contribution is 5.82. The Morgan fingerprint density at radius 3 is 2.70 bits per heavy atom. The largest absolute Gasteiger partial charge is 0.312 e. The third-order valence-electron chi connectivity index (χ3n) is 3.47. The molecule has 0 atom stereocenters. The molecule has 0 saturated heterocycles. The van der Waals surface area contributed by atoms with Crippen LogP contribution >= 0.6 is 0 Å². The van der Waals surface area contributed by atoms with Crippen molar-refractivity contribution < 1.29 is 0 Å². The van der Waals surface area contributed by atoms with E-state index < -0.39 is 0 Å². The van der Waals surface area contributed by atoms with E-state index in [4.69, 9.17) is 0 Å². The summed E-state index contributed by atoms with van der Waals surface area (Å²) in [7, 11) is 1.95. The van der Waals surface area contributed by atoms with Crippen molar-refractivity contribution >= 4 is 10.8 Å². The van der Waals surface area contributed by atoms with E-state index in [9.17, 15) is 0 Å². The summed E-state index contributed by atoms with van der Waals surface area (Å²) >= 11 is 0. The molecule has 20 heavy (non-hydrogen) atoms. The Morgan fingerprint density at radius 2 is 1.90 bits per heavy atom. The van der Waals surface area contributed by atoms with Crippen LogP contribution in [0.5, 0.6) is 0 Å². The molecule has 0 fully saturated rings. The van der Waals surface area contributed by atoms with Crippen molar-refractivity contribution in [2.24, 2.45) is 7.05 Å². The first-order valence-corrected chi connectivity index (χ1v) is 6.98. The molecular formula is C17H19N3. The van der Waals surface area contributed by atoms with Gasteiger partial charge in [-0.1, -0.05) is 36.4 Å². The van der Waals surface area contributed by atoms with Gasteiger partial charge in [-0.25, -0.2) is 0 Å². The molecule has 1 N–H and O–H groups in total. The Hall–Kier alpha value is -2.13. The van der Waals surface area contributed by atoms with E-state index in [1.807, 2.05) is 17.9 Å². The molecule has 3 nitrogen and oxygen atoms in total. The highest BCUT2D eigenvalue weighted by atomic mass is 15.2. The number of aromatic nitrogens is 2. The molecule has 0 aliphatic heterocycles. The molecule has 3 heteroatoms. The van der Waals surface area contributed by atoms with Crippen LogP contribution in [0.1, 0.15) is 11.3 Å². The lowest BCUT2D eigenvalue weighted by molar-refractivity contribution is 0.666. The van der Waals surface area contributed by atoms with E-state index in [0.29, 0.717) is 0 Å². The molecule has 102 valence electrons. The minimum Gasteiger partial charge on any atom is -0.312 e. The number of nitrogens with zero attached hydrogens (tertiary/aromatic N) is 2. The summed E-state index contributed by atoms with van der Waals surface area (Å²) in [5.41, 5.74) is 2.46. The Bertz CT molecular complexity index is 700. The first kappa shape index (κ1) is 12.9. The van der Waals surface area contributed by atoms with Gasteiger partial charge in [0.2, 0.25) is 0 Å². The van der Waals surface area contributed by atoms with Crippen LogP contribution in [-0.2, 0) is 20.0 Å². The monoisotopic (exact) mass is 265 g/mol. The summed E-state index contributed by atoms with van der Waals surface area (Å²) in [6, 6.07) is 17.2.